The van der Waals surface area contributed by atoms with E-state index in [0.29, 0.717) is 56.0 Å². The van der Waals surface area contributed by atoms with Crippen molar-refractivity contribution in [3.8, 4) is 11.5 Å². The topological polar surface area (TPSA) is 111 Å². The Bertz CT molecular complexity index is 1150. The minimum absolute atomic E-state index is 0.190. The van der Waals surface area contributed by atoms with Crippen molar-refractivity contribution >= 4 is 35.0 Å². The van der Waals surface area contributed by atoms with E-state index in [9.17, 15) is 9.59 Å². The molecule has 34 heavy (non-hydrogen) atoms. The summed E-state index contributed by atoms with van der Waals surface area (Å²) in [5, 5.41) is 6.55. The fraction of sp³-hybridized carbons (Fsp3) is 0.375. The summed E-state index contributed by atoms with van der Waals surface area (Å²) in [6.45, 7) is 7.49. The first-order chi connectivity index (χ1) is 16.3. The Labute approximate surface area is 203 Å². The van der Waals surface area contributed by atoms with Crippen LogP contribution in [0.2, 0.25) is 0 Å². The summed E-state index contributed by atoms with van der Waals surface area (Å²) < 4.78 is 21.4. The van der Waals surface area contributed by atoms with Crippen LogP contribution in [-0.2, 0) is 14.3 Å². The summed E-state index contributed by atoms with van der Waals surface area (Å²) >= 11 is 5.48. The van der Waals surface area contributed by atoms with Crippen LogP contribution >= 0.6 is 12.2 Å². The maximum atomic E-state index is 13.2. The maximum absolute atomic E-state index is 13.2. The lowest BCUT2D eigenvalue weighted by molar-refractivity contribution is -0.138. The number of carbonyl (C=O) groups excluding carboxylic acids is 2. The van der Waals surface area contributed by atoms with E-state index in [2.05, 4.69) is 15.6 Å². The van der Waals surface area contributed by atoms with Crippen molar-refractivity contribution in [2.45, 2.75) is 33.7 Å². The zero-order chi connectivity index (χ0) is 25.0. The third-order valence-corrected chi connectivity index (χ3v) is 5.70. The van der Waals surface area contributed by atoms with Gasteiger partial charge in [-0.05, 0) is 63.2 Å². The van der Waals surface area contributed by atoms with Gasteiger partial charge in [0, 0.05) is 5.69 Å². The van der Waals surface area contributed by atoms with Gasteiger partial charge >= 0.3 is 11.9 Å². The Morgan fingerprint density at radius 2 is 1.65 bits per heavy atom. The molecule has 0 fully saturated rings. The molecule has 0 radical (unpaired) electrons. The third-order valence-electron chi connectivity index (χ3n) is 5.48. The molecular weight excluding hydrogens is 458 g/mol. The molecule has 0 spiro atoms. The molecule has 1 aromatic carbocycles. The van der Waals surface area contributed by atoms with E-state index < -0.39 is 18.0 Å². The Hall–Kier alpha value is -3.53. The van der Waals surface area contributed by atoms with E-state index in [4.69, 9.17) is 31.2 Å². The smallest absolute Gasteiger partial charge is 0.340 e. The number of carbonyl (C=O) groups is 2. The van der Waals surface area contributed by atoms with Crippen LogP contribution in [0.5, 0.6) is 11.5 Å². The number of rotatable bonds is 8. The number of aromatic nitrogens is 1. The molecule has 1 atom stereocenters. The molecule has 0 amide bonds. The highest BCUT2D eigenvalue weighted by atomic mass is 32.1. The number of nitrogens with one attached hydrogen (secondary N) is 3. The molecular formula is C24H29N3O6S. The number of benzene rings is 1. The van der Waals surface area contributed by atoms with E-state index in [1.807, 2.05) is 6.07 Å². The van der Waals surface area contributed by atoms with Gasteiger partial charge in [0.1, 0.15) is 0 Å². The quantitative estimate of drug-likeness (QED) is 0.381. The minimum atomic E-state index is -0.642. The van der Waals surface area contributed by atoms with Crippen molar-refractivity contribution in [2.75, 3.05) is 27.4 Å². The van der Waals surface area contributed by atoms with Crippen LogP contribution in [0.15, 0.2) is 23.8 Å². The van der Waals surface area contributed by atoms with Gasteiger partial charge in [0.05, 0.1) is 56.0 Å². The van der Waals surface area contributed by atoms with Crippen molar-refractivity contribution < 1.29 is 28.5 Å². The summed E-state index contributed by atoms with van der Waals surface area (Å²) in [6.07, 6.45) is 0. The van der Waals surface area contributed by atoms with E-state index in [1.54, 1.807) is 46.9 Å². The average Bonchev–Trinajstić information content (AvgIpc) is 3.11. The molecule has 3 N–H and O–H groups in total. The molecule has 1 aliphatic heterocycles. The number of aromatic amines is 1. The molecule has 1 aliphatic rings. The Kier molecular flexibility index (Phi) is 7.83. The lowest BCUT2D eigenvalue weighted by Gasteiger charge is -2.31. The van der Waals surface area contributed by atoms with Crippen LogP contribution in [-0.4, -0.2) is 49.5 Å². The lowest BCUT2D eigenvalue weighted by Crippen LogP contribution is -2.45. The fourth-order valence-electron chi connectivity index (χ4n) is 3.98. The van der Waals surface area contributed by atoms with E-state index in [0.717, 1.165) is 0 Å². The molecule has 9 nitrogen and oxygen atoms in total. The van der Waals surface area contributed by atoms with Crippen LogP contribution < -0.4 is 20.1 Å². The molecule has 0 saturated carbocycles. The van der Waals surface area contributed by atoms with Gasteiger partial charge in [-0.25, -0.2) is 9.59 Å². The molecule has 0 unspecified atom stereocenters. The number of hydrogen-bond donors (Lipinski definition) is 3. The van der Waals surface area contributed by atoms with Gasteiger partial charge in [0.2, 0.25) is 0 Å². The van der Waals surface area contributed by atoms with E-state index >= 15 is 0 Å². The zero-order valence-corrected chi connectivity index (χ0v) is 20.9. The largest absolute Gasteiger partial charge is 0.493 e. The minimum Gasteiger partial charge on any atom is -0.493 e. The first kappa shape index (κ1) is 25.1. The van der Waals surface area contributed by atoms with Crippen molar-refractivity contribution in [1.82, 2.24) is 15.6 Å². The number of esters is 2. The summed E-state index contributed by atoms with van der Waals surface area (Å²) in [5.41, 5.74) is 3.68. The Balaban J connectivity index is 2.24. The highest BCUT2D eigenvalue weighted by molar-refractivity contribution is 7.80. The zero-order valence-electron chi connectivity index (χ0n) is 20.1. The maximum Gasteiger partial charge on any atom is 0.340 e. The van der Waals surface area contributed by atoms with Gasteiger partial charge in [0.25, 0.3) is 0 Å². The number of hydrogen-bond acceptors (Lipinski definition) is 7. The average molecular weight is 488 g/mol. The van der Waals surface area contributed by atoms with E-state index in [1.165, 1.54) is 7.11 Å². The highest BCUT2D eigenvalue weighted by Gasteiger charge is 2.35. The van der Waals surface area contributed by atoms with Crippen molar-refractivity contribution in [1.29, 1.82) is 0 Å². The number of ether oxygens (including phenoxy) is 4. The second kappa shape index (κ2) is 10.6. The summed E-state index contributed by atoms with van der Waals surface area (Å²) in [6, 6.07) is 4.71. The number of methoxy groups -OCH3 is 2. The highest BCUT2D eigenvalue weighted by Crippen LogP contribution is 2.37. The summed E-state index contributed by atoms with van der Waals surface area (Å²) in [4.78, 5) is 29.0. The first-order valence-corrected chi connectivity index (χ1v) is 11.2. The normalized spacial score (nSPS) is 15.4. The van der Waals surface area contributed by atoms with Crippen molar-refractivity contribution in [3.05, 3.63) is 51.9 Å². The van der Waals surface area contributed by atoms with Gasteiger partial charge in [-0.3, -0.25) is 0 Å². The monoisotopic (exact) mass is 487 g/mol. The van der Waals surface area contributed by atoms with Crippen molar-refractivity contribution in [3.63, 3.8) is 0 Å². The Morgan fingerprint density at radius 3 is 2.26 bits per heavy atom. The van der Waals surface area contributed by atoms with E-state index in [-0.39, 0.29) is 13.2 Å². The molecule has 1 aromatic heterocycles. The molecule has 2 aromatic rings. The van der Waals surface area contributed by atoms with Gasteiger partial charge in [-0.1, -0.05) is 6.07 Å². The second-order valence-electron chi connectivity index (χ2n) is 7.50. The molecule has 182 valence electrons. The predicted molar refractivity (Wildman–Crippen MR) is 131 cm³/mol. The summed E-state index contributed by atoms with van der Waals surface area (Å²) in [7, 11) is 3.09. The van der Waals surface area contributed by atoms with Crippen LogP contribution in [0, 0.1) is 13.8 Å². The van der Waals surface area contributed by atoms with Crippen molar-refractivity contribution in [2.24, 2.45) is 0 Å². The number of aryl methyl sites for hydroxylation is 1. The Morgan fingerprint density at radius 1 is 1.00 bits per heavy atom. The standard InChI is InChI=1S/C24H29N3O6S/c1-7-32-22(28)17-12(3)19(25-13(17)4)21-18(23(29)33-8-2)20(26-24(34)27-21)14-9-10-15(30-5)16(11-14)31-6/h9-11,20,25H,7-8H2,1-6H3,(H2,26,27,34)/t20-/m1/s1. The van der Waals surface area contributed by atoms with Crippen LogP contribution in [0.1, 0.15) is 52.8 Å². The SMILES string of the molecule is CCOC(=O)C1=C(c2[nH]c(C)c(C(=O)OCC)c2C)NC(=S)N[C@@H]1c1ccc(OC)c(OC)c1. The molecule has 0 saturated heterocycles. The van der Waals surface area contributed by atoms with Gasteiger partial charge in [0.15, 0.2) is 16.6 Å². The number of H-pyrrole nitrogens is 1. The third kappa shape index (κ3) is 4.72. The molecule has 2 heterocycles. The van der Waals surface area contributed by atoms with Crippen LogP contribution in [0.25, 0.3) is 5.70 Å². The van der Waals surface area contributed by atoms with Crippen LogP contribution in [0.3, 0.4) is 0 Å². The van der Waals surface area contributed by atoms with Gasteiger partial charge in [-0.2, -0.15) is 0 Å². The molecule has 3 rings (SSSR count). The number of thiocarbonyl (C=S) groups is 1. The molecule has 0 bridgehead atoms. The van der Waals surface area contributed by atoms with Gasteiger partial charge in [-0.15, -0.1) is 0 Å². The molecule has 0 aliphatic carbocycles. The first-order valence-electron chi connectivity index (χ1n) is 10.8. The predicted octanol–water partition coefficient (Wildman–Crippen LogP) is 3.32. The van der Waals surface area contributed by atoms with Gasteiger partial charge < -0.3 is 34.6 Å². The fourth-order valence-corrected chi connectivity index (χ4v) is 4.20. The summed E-state index contributed by atoms with van der Waals surface area (Å²) in [5.74, 6) is 0.0995. The second-order valence-corrected chi connectivity index (χ2v) is 7.91. The lowest BCUT2D eigenvalue weighted by atomic mass is 9.93. The molecule has 10 heteroatoms. The van der Waals surface area contributed by atoms with Crippen LogP contribution in [0.4, 0.5) is 0 Å².